The van der Waals surface area contributed by atoms with E-state index in [1.165, 1.54) is 0 Å². The molecule has 1 amide bonds. The Morgan fingerprint density at radius 2 is 2.17 bits per heavy atom. The van der Waals surface area contributed by atoms with E-state index in [2.05, 4.69) is 15.9 Å². The van der Waals surface area contributed by atoms with Crippen LogP contribution in [0.5, 0.6) is 5.75 Å². The summed E-state index contributed by atoms with van der Waals surface area (Å²) < 4.78 is 11.8. The highest BCUT2D eigenvalue weighted by atomic mass is 79.9. The van der Waals surface area contributed by atoms with Crippen LogP contribution < -0.4 is 4.74 Å². The Morgan fingerprint density at radius 3 is 2.83 bits per heavy atom. The summed E-state index contributed by atoms with van der Waals surface area (Å²) in [7, 11) is 0. The molecule has 1 fully saturated rings. The molecule has 5 heteroatoms. The van der Waals surface area contributed by atoms with Gasteiger partial charge in [0.1, 0.15) is 11.9 Å². The zero-order valence-electron chi connectivity index (χ0n) is 10.3. The summed E-state index contributed by atoms with van der Waals surface area (Å²) in [5.41, 5.74) is 0. The van der Waals surface area contributed by atoms with Crippen LogP contribution in [-0.4, -0.2) is 36.8 Å². The SMILES string of the molecule is CCOC(=O)N1CCC(Oc2ccc(Br)cc2)C1. The molecule has 0 N–H and O–H groups in total. The molecule has 1 atom stereocenters. The summed E-state index contributed by atoms with van der Waals surface area (Å²) >= 11 is 3.38. The van der Waals surface area contributed by atoms with Gasteiger partial charge in [-0.25, -0.2) is 4.79 Å². The van der Waals surface area contributed by atoms with Crippen molar-refractivity contribution in [3.8, 4) is 5.75 Å². The smallest absolute Gasteiger partial charge is 0.409 e. The van der Waals surface area contributed by atoms with Crippen molar-refractivity contribution >= 4 is 22.0 Å². The van der Waals surface area contributed by atoms with Gasteiger partial charge in [0.2, 0.25) is 0 Å². The van der Waals surface area contributed by atoms with E-state index in [0.717, 1.165) is 16.6 Å². The predicted molar refractivity (Wildman–Crippen MR) is 71.8 cm³/mol. The number of rotatable bonds is 3. The maximum absolute atomic E-state index is 11.5. The molecule has 0 aromatic heterocycles. The molecule has 1 heterocycles. The number of likely N-dealkylation sites (tertiary alicyclic amines) is 1. The first-order valence-corrected chi connectivity index (χ1v) is 6.82. The summed E-state index contributed by atoms with van der Waals surface area (Å²) in [5.74, 6) is 0.828. The van der Waals surface area contributed by atoms with Crippen LogP contribution in [0, 0.1) is 0 Å². The highest BCUT2D eigenvalue weighted by Crippen LogP contribution is 2.21. The van der Waals surface area contributed by atoms with Crippen LogP contribution in [0.4, 0.5) is 4.79 Å². The molecule has 0 bridgehead atoms. The van der Waals surface area contributed by atoms with E-state index in [4.69, 9.17) is 9.47 Å². The fraction of sp³-hybridized carbons (Fsp3) is 0.462. The van der Waals surface area contributed by atoms with Crippen LogP contribution in [0.25, 0.3) is 0 Å². The molecule has 1 aliphatic heterocycles. The normalized spacial score (nSPS) is 18.8. The monoisotopic (exact) mass is 313 g/mol. The van der Waals surface area contributed by atoms with Crippen LogP contribution in [-0.2, 0) is 4.74 Å². The topological polar surface area (TPSA) is 38.8 Å². The zero-order valence-corrected chi connectivity index (χ0v) is 11.9. The average molecular weight is 314 g/mol. The molecule has 1 aliphatic rings. The molecule has 18 heavy (non-hydrogen) atoms. The number of halogens is 1. The van der Waals surface area contributed by atoms with E-state index in [1.807, 2.05) is 31.2 Å². The number of hydrogen-bond acceptors (Lipinski definition) is 3. The van der Waals surface area contributed by atoms with Gasteiger partial charge in [0.05, 0.1) is 13.2 Å². The minimum absolute atomic E-state index is 0.0515. The lowest BCUT2D eigenvalue weighted by Gasteiger charge is -2.16. The predicted octanol–water partition coefficient (Wildman–Crippen LogP) is 3.06. The van der Waals surface area contributed by atoms with Crippen LogP contribution in [0.15, 0.2) is 28.7 Å². The molecule has 1 saturated heterocycles. The fourth-order valence-corrected chi connectivity index (χ4v) is 2.17. The Kier molecular flexibility index (Phi) is 4.47. The van der Waals surface area contributed by atoms with E-state index in [9.17, 15) is 4.79 Å². The van der Waals surface area contributed by atoms with E-state index in [1.54, 1.807) is 4.90 Å². The van der Waals surface area contributed by atoms with E-state index >= 15 is 0 Å². The van der Waals surface area contributed by atoms with Crippen LogP contribution in [0.1, 0.15) is 13.3 Å². The molecule has 4 nitrogen and oxygen atoms in total. The average Bonchev–Trinajstić information content (AvgIpc) is 2.81. The number of ether oxygens (including phenoxy) is 2. The minimum Gasteiger partial charge on any atom is -0.489 e. The summed E-state index contributed by atoms with van der Waals surface area (Å²) in [6.07, 6.45) is 0.643. The Morgan fingerprint density at radius 1 is 1.44 bits per heavy atom. The minimum atomic E-state index is -0.251. The second kappa shape index (κ2) is 6.09. The third-order valence-corrected chi connectivity index (χ3v) is 3.32. The van der Waals surface area contributed by atoms with Crippen molar-refractivity contribution in [2.24, 2.45) is 0 Å². The van der Waals surface area contributed by atoms with Gasteiger partial charge in [-0.1, -0.05) is 15.9 Å². The van der Waals surface area contributed by atoms with Gasteiger partial charge in [-0.3, -0.25) is 0 Å². The molecule has 1 unspecified atom stereocenters. The Labute approximate surface area is 115 Å². The molecule has 98 valence electrons. The lowest BCUT2D eigenvalue weighted by atomic mass is 10.3. The van der Waals surface area contributed by atoms with Gasteiger partial charge in [-0.05, 0) is 31.2 Å². The van der Waals surface area contributed by atoms with Crippen molar-refractivity contribution in [1.29, 1.82) is 0 Å². The zero-order chi connectivity index (χ0) is 13.0. The highest BCUT2D eigenvalue weighted by molar-refractivity contribution is 9.10. The molecular weight excluding hydrogens is 298 g/mol. The fourth-order valence-electron chi connectivity index (χ4n) is 1.91. The number of carbonyl (C=O) groups is 1. The summed E-state index contributed by atoms with van der Waals surface area (Å²) in [5, 5.41) is 0. The van der Waals surface area contributed by atoms with Crippen LogP contribution in [0.2, 0.25) is 0 Å². The Bertz CT molecular complexity index is 407. The lowest BCUT2D eigenvalue weighted by Crippen LogP contribution is -2.31. The lowest BCUT2D eigenvalue weighted by molar-refractivity contribution is 0.110. The second-order valence-electron chi connectivity index (χ2n) is 4.13. The van der Waals surface area contributed by atoms with E-state index in [0.29, 0.717) is 19.7 Å². The summed E-state index contributed by atoms with van der Waals surface area (Å²) in [6.45, 7) is 3.51. The first-order chi connectivity index (χ1) is 8.69. The van der Waals surface area contributed by atoms with Gasteiger partial charge in [-0.2, -0.15) is 0 Å². The first-order valence-electron chi connectivity index (χ1n) is 6.03. The molecule has 0 saturated carbocycles. The second-order valence-corrected chi connectivity index (χ2v) is 5.04. The van der Waals surface area contributed by atoms with Gasteiger partial charge >= 0.3 is 6.09 Å². The third kappa shape index (κ3) is 3.38. The third-order valence-electron chi connectivity index (χ3n) is 2.79. The van der Waals surface area contributed by atoms with Crippen LogP contribution >= 0.6 is 15.9 Å². The number of carbonyl (C=O) groups excluding carboxylic acids is 1. The number of hydrogen-bond donors (Lipinski definition) is 0. The highest BCUT2D eigenvalue weighted by Gasteiger charge is 2.28. The first kappa shape index (κ1) is 13.2. The largest absolute Gasteiger partial charge is 0.489 e. The Balaban J connectivity index is 1.86. The van der Waals surface area contributed by atoms with Gasteiger partial charge < -0.3 is 14.4 Å². The maximum atomic E-state index is 11.5. The van der Waals surface area contributed by atoms with Crippen molar-refractivity contribution < 1.29 is 14.3 Å². The van der Waals surface area contributed by atoms with Crippen molar-refractivity contribution in [1.82, 2.24) is 4.90 Å². The molecule has 1 aromatic carbocycles. The quantitative estimate of drug-likeness (QED) is 0.861. The number of amides is 1. The van der Waals surface area contributed by atoms with Crippen LogP contribution in [0.3, 0.4) is 0 Å². The van der Waals surface area contributed by atoms with Gasteiger partial charge in [0, 0.05) is 17.4 Å². The maximum Gasteiger partial charge on any atom is 0.409 e. The molecule has 1 aromatic rings. The number of benzene rings is 1. The van der Waals surface area contributed by atoms with E-state index in [-0.39, 0.29) is 12.2 Å². The van der Waals surface area contributed by atoms with Crippen molar-refractivity contribution in [2.45, 2.75) is 19.4 Å². The standard InChI is InChI=1S/C13H16BrNO3/c1-2-17-13(16)15-8-7-12(9-15)18-11-5-3-10(14)4-6-11/h3-6,12H,2,7-9H2,1H3. The molecule has 0 aliphatic carbocycles. The van der Waals surface area contributed by atoms with Crippen molar-refractivity contribution in [3.63, 3.8) is 0 Å². The molecule has 0 radical (unpaired) electrons. The van der Waals surface area contributed by atoms with Gasteiger partial charge in [0.15, 0.2) is 0 Å². The van der Waals surface area contributed by atoms with Gasteiger partial charge in [-0.15, -0.1) is 0 Å². The Hall–Kier alpha value is -1.23. The van der Waals surface area contributed by atoms with Gasteiger partial charge in [0.25, 0.3) is 0 Å². The van der Waals surface area contributed by atoms with Crippen molar-refractivity contribution in [2.75, 3.05) is 19.7 Å². The number of nitrogens with zero attached hydrogens (tertiary/aromatic N) is 1. The summed E-state index contributed by atoms with van der Waals surface area (Å²) in [4.78, 5) is 13.2. The molecule has 0 spiro atoms. The molecular formula is C13H16BrNO3. The van der Waals surface area contributed by atoms with Crippen molar-refractivity contribution in [3.05, 3.63) is 28.7 Å². The summed E-state index contributed by atoms with van der Waals surface area (Å²) in [6, 6.07) is 7.70. The van der Waals surface area contributed by atoms with E-state index < -0.39 is 0 Å². The molecule has 2 rings (SSSR count).